The molecule has 0 amide bonds. The fraction of sp³-hybridized carbons (Fsp3) is 0.375. The van der Waals surface area contributed by atoms with Crippen LogP contribution in [0.2, 0.25) is 0 Å². The molecular weight excluding hydrogens is 322 g/mol. The van der Waals surface area contributed by atoms with Crippen LogP contribution in [0.5, 0.6) is 11.5 Å². The summed E-state index contributed by atoms with van der Waals surface area (Å²) in [6.45, 7) is 5.36. The van der Waals surface area contributed by atoms with Gasteiger partial charge in [-0.3, -0.25) is 0 Å². The van der Waals surface area contributed by atoms with E-state index >= 15 is 0 Å². The first-order valence-electron chi connectivity index (χ1n) is 7.94. The minimum Gasteiger partial charge on any atom is -0.497 e. The van der Waals surface area contributed by atoms with E-state index < -0.39 is 0 Å². The van der Waals surface area contributed by atoms with Gasteiger partial charge in [0.1, 0.15) is 11.5 Å². The summed E-state index contributed by atoms with van der Waals surface area (Å²) >= 11 is 0. The summed E-state index contributed by atoms with van der Waals surface area (Å²) < 4.78 is 10.5. The Morgan fingerprint density at radius 1 is 0.880 bits per heavy atom. The van der Waals surface area contributed by atoms with Crippen LogP contribution in [-0.4, -0.2) is 48.5 Å². The number of nitrogens with one attached hydrogen (secondary N) is 3. The second-order valence-electron chi connectivity index (χ2n) is 4.88. The minimum atomic E-state index is 0.341. The van der Waals surface area contributed by atoms with E-state index in [4.69, 9.17) is 9.47 Å². The van der Waals surface area contributed by atoms with Crippen LogP contribution in [0.1, 0.15) is 19.4 Å². The number of aromatic nitrogens is 3. The Morgan fingerprint density at radius 3 is 1.88 bits per heavy atom. The molecule has 0 aliphatic carbocycles. The summed E-state index contributed by atoms with van der Waals surface area (Å²) in [6.07, 6.45) is 1.63. The molecule has 1 aromatic carbocycles. The van der Waals surface area contributed by atoms with Crippen LogP contribution in [0.15, 0.2) is 23.3 Å². The molecule has 0 atom stereocenters. The van der Waals surface area contributed by atoms with E-state index in [-0.39, 0.29) is 0 Å². The predicted octanol–water partition coefficient (Wildman–Crippen LogP) is 2.20. The Labute approximate surface area is 146 Å². The molecule has 0 bridgehead atoms. The number of benzene rings is 1. The fourth-order valence-electron chi connectivity index (χ4n) is 1.97. The molecule has 0 spiro atoms. The molecule has 1 aromatic heterocycles. The lowest BCUT2D eigenvalue weighted by Gasteiger charge is -2.08. The van der Waals surface area contributed by atoms with Crippen molar-refractivity contribution in [3.8, 4) is 11.5 Å². The highest BCUT2D eigenvalue weighted by Gasteiger charge is 2.05. The molecule has 0 aliphatic heterocycles. The molecule has 9 heteroatoms. The summed E-state index contributed by atoms with van der Waals surface area (Å²) in [5.41, 5.74) is 3.63. The second kappa shape index (κ2) is 9.26. The monoisotopic (exact) mass is 345 g/mol. The van der Waals surface area contributed by atoms with Gasteiger partial charge in [-0.05, 0) is 26.0 Å². The van der Waals surface area contributed by atoms with Gasteiger partial charge in [0.15, 0.2) is 0 Å². The number of hydrogen-bond acceptors (Lipinski definition) is 9. The molecule has 0 saturated carbocycles. The number of methoxy groups -OCH3 is 2. The smallest absolute Gasteiger partial charge is 0.250 e. The Bertz CT molecular complexity index is 675. The van der Waals surface area contributed by atoms with Crippen molar-refractivity contribution in [1.29, 1.82) is 0 Å². The number of anilines is 3. The van der Waals surface area contributed by atoms with Crippen molar-refractivity contribution in [3.63, 3.8) is 0 Å². The third-order valence-corrected chi connectivity index (χ3v) is 3.06. The molecule has 0 saturated heterocycles. The standard InChI is InChI=1S/C16H23N7O2/c1-5-17-14-20-15(18-6-2)22-16(21-14)23-19-10-11-7-12(24-3)9-13(8-11)25-4/h7-10H,5-6H2,1-4H3,(H3,17,18,20,21,22,23)/b19-10-. The van der Waals surface area contributed by atoms with Crippen molar-refractivity contribution in [3.05, 3.63) is 23.8 Å². The number of nitrogens with zero attached hydrogens (tertiary/aromatic N) is 4. The first kappa shape index (κ1) is 18.2. The quantitative estimate of drug-likeness (QED) is 0.469. The topological polar surface area (TPSA) is 106 Å². The zero-order valence-electron chi connectivity index (χ0n) is 14.8. The fourth-order valence-corrected chi connectivity index (χ4v) is 1.97. The molecule has 3 N–H and O–H groups in total. The molecule has 1 heterocycles. The number of hydrogen-bond donors (Lipinski definition) is 3. The van der Waals surface area contributed by atoms with Gasteiger partial charge in [0.05, 0.1) is 20.4 Å². The maximum atomic E-state index is 5.24. The van der Waals surface area contributed by atoms with E-state index in [1.54, 1.807) is 26.5 Å². The first-order chi connectivity index (χ1) is 12.2. The van der Waals surface area contributed by atoms with Crippen molar-refractivity contribution < 1.29 is 9.47 Å². The zero-order valence-corrected chi connectivity index (χ0v) is 14.8. The number of hydrazone groups is 1. The SMILES string of the molecule is CCNc1nc(NCC)nc(N/N=C\c2cc(OC)cc(OC)c2)n1. The van der Waals surface area contributed by atoms with Crippen LogP contribution >= 0.6 is 0 Å². The molecule has 2 rings (SSSR count). The van der Waals surface area contributed by atoms with E-state index in [1.165, 1.54) is 0 Å². The summed E-state index contributed by atoms with van der Waals surface area (Å²) in [6, 6.07) is 5.48. The second-order valence-corrected chi connectivity index (χ2v) is 4.88. The molecule has 0 unspecified atom stereocenters. The van der Waals surface area contributed by atoms with E-state index in [9.17, 15) is 0 Å². The lowest BCUT2D eigenvalue weighted by molar-refractivity contribution is 0.394. The summed E-state index contributed by atoms with van der Waals surface area (Å²) in [5.74, 6) is 2.67. The van der Waals surface area contributed by atoms with E-state index in [2.05, 4.69) is 36.1 Å². The van der Waals surface area contributed by atoms with Crippen LogP contribution < -0.4 is 25.5 Å². The molecule has 25 heavy (non-hydrogen) atoms. The lowest BCUT2D eigenvalue weighted by atomic mass is 10.2. The van der Waals surface area contributed by atoms with Gasteiger partial charge >= 0.3 is 0 Å². The molecule has 0 fully saturated rings. The highest BCUT2D eigenvalue weighted by atomic mass is 16.5. The van der Waals surface area contributed by atoms with Crippen molar-refractivity contribution in [2.24, 2.45) is 5.10 Å². The van der Waals surface area contributed by atoms with Crippen LogP contribution in [0.3, 0.4) is 0 Å². The van der Waals surface area contributed by atoms with Gasteiger partial charge < -0.3 is 20.1 Å². The Kier molecular flexibility index (Phi) is 6.76. The molecule has 134 valence electrons. The normalized spacial score (nSPS) is 10.6. The van der Waals surface area contributed by atoms with Gasteiger partial charge in [-0.25, -0.2) is 5.43 Å². The molecule has 9 nitrogen and oxygen atoms in total. The number of ether oxygens (including phenoxy) is 2. The van der Waals surface area contributed by atoms with Gasteiger partial charge in [-0.15, -0.1) is 0 Å². The summed E-state index contributed by atoms with van der Waals surface area (Å²) in [4.78, 5) is 12.8. The average molecular weight is 345 g/mol. The first-order valence-corrected chi connectivity index (χ1v) is 7.94. The Hall–Kier alpha value is -3.10. The van der Waals surface area contributed by atoms with Crippen LogP contribution in [0.25, 0.3) is 0 Å². The van der Waals surface area contributed by atoms with Crippen LogP contribution in [0, 0.1) is 0 Å². The van der Waals surface area contributed by atoms with E-state index in [0.717, 1.165) is 5.56 Å². The summed E-state index contributed by atoms with van der Waals surface area (Å²) in [7, 11) is 3.20. The van der Waals surface area contributed by atoms with Crippen molar-refractivity contribution in [1.82, 2.24) is 15.0 Å². The third kappa shape index (κ3) is 5.48. The third-order valence-electron chi connectivity index (χ3n) is 3.06. The largest absolute Gasteiger partial charge is 0.497 e. The molecular formula is C16H23N7O2. The predicted molar refractivity (Wildman–Crippen MR) is 98.9 cm³/mol. The number of rotatable bonds is 9. The molecule has 2 aromatic rings. The van der Waals surface area contributed by atoms with Gasteiger partial charge in [0, 0.05) is 24.7 Å². The zero-order chi connectivity index (χ0) is 18.1. The van der Waals surface area contributed by atoms with Gasteiger partial charge in [0.25, 0.3) is 0 Å². The maximum absolute atomic E-state index is 5.24. The Morgan fingerprint density at radius 2 is 1.40 bits per heavy atom. The van der Waals surface area contributed by atoms with Gasteiger partial charge in [0.2, 0.25) is 17.8 Å². The van der Waals surface area contributed by atoms with Crippen LogP contribution in [-0.2, 0) is 0 Å². The van der Waals surface area contributed by atoms with Crippen molar-refractivity contribution in [2.75, 3.05) is 43.4 Å². The van der Waals surface area contributed by atoms with Crippen molar-refractivity contribution >= 4 is 24.1 Å². The van der Waals surface area contributed by atoms with E-state index in [0.29, 0.717) is 42.4 Å². The Balaban J connectivity index is 2.15. The molecule has 0 aliphatic rings. The average Bonchev–Trinajstić information content (AvgIpc) is 2.62. The van der Waals surface area contributed by atoms with Gasteiger partial charge in [-0.1, -0.05) is 0 Å². The van der Waals surface area contributed by atoms with Crippen LogP contribution in [0.4, 0.5) is 17.8 Å². The highest BCUT2D eigenvalue weighted by Crippen LogP contribution is 2.21. The van der Waals surface area contributed by atoms with E-state index in [1.807, 2.05) is 26.0 Å². The van der Waals surface area contributed by atoms with Crippen molar-refractivity contribution in [2.45, 2.75) is 13.8 Å². The highest BCUT2D eigenvalue weighted by molar-refractivity contribution is 5.81. The molecule has 0 radical (unpaired) electrons. The lowest BCUT2D eigenvalue weighted by Crippen LogP contribution is -2.10. The van der Waals surface area contributed by atoms with Gasteiger partial charge in [-0.2, -0.15) is 20.1 Å². The summed E-state index contributed by atoms with van der Waals surface area (Å²) in [5, 5.41) is 10.3. The maximum Gasteiger partial charge on any atom is 0.250 e. The minimum absolute atomic E-state index is 0.341.